The van der Waals surface area contributed by atoms with Gasteiger partial charge in [-0.15, -0.1) is 0 Å². The van der Waals surface area contributed by atoms with Gasteiger partial charge in [0.15, 0.2) is 0 Å². The van der Waals surface area contributed by atoms with Crippen molar-refractivity contribution in [2.24, 2.45) is 0 Å². The third kappa shape index (κ3) is 5.61. The quantitative estimate of drug-likeness (QED) is 0.554. The molecule has 1 amide bonds. The van der Waals surface area contributed by atoms with Gasteiger partial charge in [0.2, 0.25) is 5.91 Å². The number of benzene rings is 2. The van der Waals surface area contributed by atoms with E-state index in [9.17, 15) is 4.79 Å². The second-order valence-electron chi connectivity index (χ2n) is 7.71. The second-order valence-corrected chi connectivity index (χ2v) is 7.71. The fourth-order valence-corrected chi connectivity index (χ4v) is 3.71. The molecule has 160 valence electrons. The van der Waals surface area contributed by atoms with E-state index in [0.717, 1.165) is 37.4 Å². The average Bonchev–Trinajstić information content (AvgIpc) is 3.26. The number of anilines is 1. The van der Waals surface area contributed by atoms with Crippen LogP contribution in [0, 0.1) is 0 Å². The molecule has 0 atom stereocenters. The minimum atomic E-state index is -0.0346. The molecule has 31 heavy (non-hydrogen) atoms. The van der Waals surface area contributed by atoms with Crippen LogP contribution in [0.3, 0.4) is 0 Å². The number of hydrogen-bond acceptors (Lipinski definition) is 4. The summed E-state index contributed by atoms with van der Waals surface area (Å²) < 4.78 is 7.34. The SMILES string of the molecule is CN(Cc1ccccc1N1CCOCC1)C(=O)/C=C/c1cnn(Cc2ccccc2)c1. The van der Waals surface area contributed by atoms with E-state index in [-0.39, 0.29) is 5.91 Å². The van der Waals surface area contributed by atoms with E-state index in [1.807, 2.05) is 54.3 Å². The third-order valence-corrected chi connectivity index (χ3v) is 5.39. The highest BCUT2D eigenvalue weighted by atomic mass is 16.5. The summed E-state index contributed by atoms with van der Waals surface area (Å²) in [6, 6.07) is 18.5. The van der Waals surface area contributed by atoms with E-state index in [4.69, 9.17) is 4.74 Å². The van der Waals surface area contributed by atoms with Crippen molar-refractivity contribution in [2.75, 3.05) is 38.3 Å². The van der Waals surface area contributed by atoms with Gasteiger partial charge in [0.25, 0.3) is 0 Å². The lowest BCUT2D eigenvalue weighted by molar-refractivity contribution is -0.125. The fourth-order valence-electron chi connectivity index (χ4n) is 3.71. The monoisotopic (exact) mass is 416 g/mol. The minimum absolute atomic E-state index is 0.0346. The summed E-state index contributed by atoms with van der Waals surface area (Å²) in [4.78, 5) is 16.8. The van der Waals surface area contributed by atoms with Crippen molar-refractivity contribution in [3.05, 3.63) is 89.8 Å². The summed E-state index contributed by atoms with van der Waals surface area (Å²) in [5.41, 5.74) is 4.42. The number of rotatable bonds is 7. The molecule has 6 heteroatoms. The van der Waals surface area contributed by atoms with Crippen molar-refractivity contribution in [3.63, 3.8) is 0 Å². The van der Waals surface area contributed by atoms with Crippen molar-refractivity contribution in [2.45, 2.75) is 13.1 Å². The summed E-state index contributed by atoms with van der Waals surface area (Å²) in [7, 11) is 1.83. The lowest BCUT2D eigenvalue weighted by Gasteiger charge is -2.31. The highest BCUT2D eigenvalue weighted by Gasteiger charge is 2.16. The first-order valence-electron chi connectivity index (χ1n) is 10.6. The zero-order chi connectivity index (χ0) is 21.5. The van der Waals surface area contributed by atoms with E-state index < -0.39 is 0 Å². The number of para-hydroxylation sites is 1. The molecule has 1 aromatic heterocycles. The van der Waals surface area contributed by atoms with Crippen LogP contribution in [-0.2, 0) is 22.6 Å². The highest BCUT2D eigenvalue weighted by molar-refractivity contribution is 5.91. The normalized spacial score (nSPS) is 14.2. The molecule has 0 unspecified atom stereocenters. The van der Waals surface area contributed by atoms with Crippen LogP contribution in [-0.4, -0.2) is 53.9 Å². The second kappa shape index (κ2) is 10.1. The van der Waals surface area contributed by atoms with Crippen LogP contribution in [0.5, 0.6) is 0 Å². The van der Waals surface area contributed by atoms with Crippen LogP contribution >= 0.6 is 0 Å². The molecule has 6 nitrogen and oxygen atoms in total. The molecule has 0 saturated carbocycles. The number of carbonyl (C=O) groups is 1. The lowest BCUT2D eigenvalue weighted by atomic mass is 10.1. The molecule has 0 radical (unpaired) electrons. The Morgan fingerprint density at radius 1 is 1.10 bits per heavy atom. The van der Waals surface area contributed by atoms with Gasteiger partial charge in [-0.1, -0.05) is 48.5 Å². The zero-order valence-electron chi connectivity index (χ0n) is 17.9. The van der Waals surface area contributed by atoms with Gasteiger partial charge in [-0.3, -0.25) is 9.48 Å². The van der Waals surface area contributed by atoms with Gasteiger partial charge >= 0.3 is 0 Å². The fraction of sp³-hybridized carbons (Fsp3) is 0.280. The molecule has 1 saturated heterocycles. The minimum Gasteiger partial charge on any atom is -0.378 e. The third-order valence-electron chi connectivity index (χ3n) is 5.39. The van der Waals surface area contributed by atoms with Gasteiger partial charge < -0.3 is 14.5 Å². The van der Waals surface area contributed by atoms with Gasteiger partial charge in [0, 0.05) is 50.2 Å². The molecule has 0 bridgehead atoms. The number of carbonyl (C=O) groups excluding carboxylic acids is 1. The number of ether oxygens (including phenoxy) is 1. The number of likely N-dealkylation sites (N-methyl/N-ethyl adjacent to an activating group) is 1. The highest BCUT2D eigenvalue weighted by Crippen LogP contribution is 2.22. The maximum atomic E-state index is 12.7. The Hall–Kier alpha value is -3.38. The zero-order valence-corrected chi connectivity index (χ0v) is 17.9. The van der Waals surface area contributed by atoms with Crippen LogP contribution in [0.2, 0.25) is 0 Å². The van der Waals surface area contributed by atoms with Gasteiger partial charge in [0.1, 0.15) is 0 Å². The van der Waals surface area contributed by atoms with Crippen molar-refractivity contribution >= 4 is 17.7 Å². The molecular weight excluding hydrogens is 388 g/mol. The Balaban J connectivity index is 1.37. The molecule has 3 aromatic rings. The molecule has 1 aliphatic heterocycles. The predicted molar refractivity (Wildman–Crippen MR) is 123 cm³/mol. The largest absolute Gasteiger partial charge is 0.378 e. The van der Waals surface area contributed by atoms with Crippen LogP contribution < -0.4 is 4.90 Å². The first-order chi connectivity index (χ1) is 15.2. The Morgan fingerprint density at radius 3 is 2.65 bits per heavy atom. The summed E-state index contributed by atoms with van der Waals surface area (Å²) in [6.07, 6.45) is 7.16. The van der Waals surface area contributed by atoms with Crippen LogP contribution in [0.15, 0.2) is 73.1 Å². The predicted octanol–water partition coefficient (Wildman–Crippen LogP) is 3.44. The van der Waals surface area contributed by atoms with E-state index in [1.165, 1.54) is 11.3 Å². The number of nitrogens with zero attached hydrogens (tertiary/aromatic N) is 4. The van der Waals surface area contributed by atoms with Crippen molar-refractivity contribution in [3.8, 4) is 0 Å². The molecular formula is C25H28N4O2. The molecule has 2 heterocycles. The number of morpholine rings is 1. The molecule has 2 aromatic carbocycles. The maximum absolute atomic E-state index is 12.7. The number of amides is 1. The Labute approximate surface area is 183 Å². The molecule has 1 aliphatic rings. The van der Waals surface area contributed by atoms with E-state index >= 15 is 0 Å². The van der Waals surface area contributed by atoms with Crippen LogP contribution in [0.4, 0.5) is 5.69 Å². The number of aromatic nitrogens is 2. The maximum Gasteiger partial charge on any atom is 0.246 e. The Bertz CT molecular complexity index is 1020. The van der Waals surface area contributed by atoms with E-state index in [1.54, 1.807) is 17.2 Å². The van der Waals surface area contributed by atoms with Crippen LogP contribution in [0.1, 0.15) is 16.7 Å². The van der Waals surface area contributed by atoms with Crippen molar-refractivity contribution in [1.29, 1.82) is 0 Å². The molecule has 0 N–H and O–H groups in total. The number of hydrogen-bond donors (Lipinski definition) is 0. The standard InChI is InChI=1S/C25H28N4O2/c1-27(20-23-9-5-6-10-24(23)28-13-15-31-16-14-28)25(30)12-11-22-17-26-29(19-22)18-21-7-3-2-4-8-21/h2-12,17,19H,13-16,18,20H2,1H3/b12-11+. The van der Waals surface area contributed by atoms with E-state index in [0.29, 0.717) is 13.1 Å². The lowest BCUT2D eigenvalue weighted by Crippen LogP contribution is -2.37. The molecule has 4 rings (SSSR count). The summed E-state index contributed by atoms with van der Waals surface area (Å²) in [5.74, 6) is -0.0346. The summed E-state index contributed by atoms with van der Waals surface area (Å²) >= 11 is 0. The first kappa shape index (κ1) is 20.9. The van der Waals surface area contributed by atoms with Gasteiger partial charge in [-0.25, -0.2) is 0 Å². The smallest absolute Gasteiger partial charge is 0.246 e. The average molecular weight is 417 g/mol. The summed E-state index contributed by atoms with van der Waals surface area (Å²) in [6.45, 7) is 4.50. The van der Waals surface area contributed by atoms with Gasteiger partial charge in [0.05, 0.1) is 26.0 Å². The Morgan fingerprint density at radius 2 is 1.84 bits per heavy atom. The molecule has 0 aliphatic carbocycles. The summed E-state index contributed by atoms with van der Waals surface area (Å²) in [5, 5.41) is 4.39. The van der Waals surface area contributed by atoms with Gasteiger partial charge in [-0.2, -0.15) is 5.10 Å². The van der Waals surface area contributed by atoms with E-state index in [2.05, 4.69) is 34.3 Å². The van der Waals surface area contributed by atoms with Crippen molar-refractivity contribution < 1.29 is 9.53 Å². The topological polar surface area (TPSA) is 50.6 Å². The molecule has 0 spiro atoms. The first-order valence-corrected chi connectivity index (χ1v) is 10.6. The van der Waals surface area contributed by atoms with Gasteiger partial charge in [-0.05, 0) is 23.3 Å². The van der Waals surface area contributed by atoms with Crippen LogP contribution in [0.25, 0.3) is 6.08 Å². The Kier molecular flexibility index (Phi) is 6.79. The van der Waals surface area contributed by atoms with Crippen molar-refractivity contribution in [1.82, 2.24) is 14.7 Å². The molecule has 1 fully saturated rings.